The quantitative estimate of drug-likeness (QED) is 0.162. The van der Waals surface area contributed by atoms with Crippen molar-refractivity contribution in [2.45, 2.75) is 5.41 Å². The van der Waals surface area contributed by atoms with E-state index in [1.165, 1.54) is 99.1 Å². The van der Waals surface area contributed by atoms with Gasteiger partial charge in [-0.3, -0.25) is 0 Å². The maximum Gasteiger partial charge on any atom is 0.0726 e. The third kappa shape index (κ3) is 5.40. The van der Waals surface area contributed by atoms with Crippen molar-refractivity contribution < 1.29 is 0 Å². The number of fused-ring (bicyclic) bond motifs is 16. The summed E-state index contributed by atoms with van der Waals surface area (Å²) in [4.78, 5) is 2.46. The third-order valence-corrected chi connectivity index (χ3v) is 15.4. The van der Waals surface area contributed by atoms with Crippen LogP contribution in [0.4, 0.5) is 17.1 Å². The molecule has 2 aromatic heterocycles. The largest absolute Gasteiger partial charge is 0.316 e. The molecule has 2 aliphatic rings. The van der Waals surface area contributed by atoms with E-state index in [0.29, 0.717) is 0 Å². The lowest BCUT2D eigenvalue weighted by Gasteiger charge is -2.32. The van der Waals surface area contributed by atoms with Gasteiger partial charge in [0.25, 0.3) is 0 Å². The second kappa shape index (κ2) is 14.9. The number of hydrogen-bond acceptors (Lipinski definition) is 1. The Balaban J connectivity index is 0.847. The molecule has 70 heavy (non-hydrogen) atoms. The second-order valence-corrected chi connectivity index (χ2v) is 18.8. The molecule has 0 amide bonds. The van der Waals surface area contributed by atoms with Gasteiger partial charge in [-0.05, 0) is 134 Å². The topological polar surface area (TPSA) is 13.1 Å². The second-order valence-electron chi connectivity index (χ2n) is 18.8. The molecule has 0 N–H and O–H groups in total. The van der Waals surface area contributed by atoms with Crippen molar-refractivity contribution in [1.29, 1.82) is 0 Å². The van der Waals surface area contributed by atoms with Crippen LogP contribution in [-0.4, -0.2) is 9.13 Å². The summed E-state index contributed by atoms with van der Waals surface area (Å²) in [6.45, 7) is 0. The normalized spacial score (nSPS) is 13.0. The van der Waals surface area contributed by atoms with Crippen molar-refractivity contribution in [1.82, 2.24) is 9.13 Å². The predicted molar refractivity (Wildman–Crippen MR) is 292 cm³/mol. The molecule has 3 heteroatoms. The number of rotatable bonds is 6. The van der Waals surface area contributed by atoms with Gasteiger partial charge in [-0.1, -0.05) is 182 Å². The monoisotopic (exact) mass is 889 g/mol. The highest BCUT2D eigenvalue weighted by atomic mass is 15.1. The molecule has 2 heterocycles. The summed E-state index contributed by atoms with van der Waals surface area (Å²) in [5, 5.41) is 6.15. The van der Waals surface area contributed by atoms with Crippen molar-refractivity contribution in [3.05, 3.63) is 283 Å². The summed E-state index contributed by atoms with van der Waals surface area (Å²) in [6, 6.07) is 94.2. The van der Waals surface area contributed by atoms with E-state index in [1.54, 1.807) is 0 Å². The van der Waals surface area contributed by atoms with Gasteiger partial charge in [0.2, 0.25) is 0 Å². The molecule has 0 saturated heterocycles. The molecule has 0 unspecified atom stereocenters. The Morgan fingerprint density at radius 3 is 1.63 bits per heavy atom. The molecule has 0 atom stereocenters. The first kappa shape index (κ1) is 38.9. The SMILES string of the molecule is c1ccc(-n2c3ccccc3c3c4c(ccc32)ccn4-c2ccc(-c3ccc(N(c4ccc5c(c4)C4(c6ccccc6-c6ccccc64)c4ccccc4-5)c4cccc5ccccc45)cc3)cc2)cc1. The molecule has 0 radical (unpaired) electrons. The van der Waals surface area contributed by atoms with Crippen LogP contribution in [0.1, 0.15) is 22.3 Å². The van der Waals surface area contributed by atoms with E-state index in [9.17, 15) is 0 Å². The molecule has 0 fully saturated rings. The van der Waals surface area contributed by atoms with Crippen LogP contribution in [-0.2, 0) is 5.41 Å². The first-order chi connectivity index (χ1) is 34.7. The number of hydrogen-bond donors (Lipinski definition) is 0. The van der Waals surface area contributed by atoms with Gasteiger partial charge < -0.3 is 14.0 Å². The van der Waals surface area contributed by atoms with Gasteiger partial charge in [0.1, 0.15) is 0 Å². The van der Waals surface area contributed by atoms with E-state index >= 15 is 0 Å². The Morgan fingerprint density at radius 1 is 0.343 bits per heavy atom. The Labute approximate surface area is 406 Å². The van der Waals surface area contributed by atoms with E-state index in [-0.39, 0.29) is 0 Å². The molecule has 15 rings (SSSR count). The zero-order valence-electron chi connectivity index (χ0n) is 38.2. The van der Waals surface area contributed by atoms with Crippen molar-refractivity contribution in [2.24, 2.45) is 0 Å². The summed E-state index contributed by atoms with van der Waals surface area (Å²) >= 11 is 0. The molecule has 2 aliphatic carbocycles. The van der Waals surface area contributed by atoms with Crippen LogP contribution in [0.25, 0.3) is 88.2 Å². The fourth-order valence-corrected chi connectivity index (χ4v) is 12.4. The van der Waals surface area contributed by atoms with E-state index in [0.717, 1.165) is 28.4 Å². The van der Waals surface area contributed by atoms with Gasteiger partial charge in [-0.15, -0.1) is 0 Å². The fraction of sp³-hybridized carbons (Fsp3) is 0.0149. The minimum absolute atomic E-state index is 0.435. The third-order valence-electron chi connectivity index (χ3n) is 15.4. The first-order valence-corrected chi connectivity index (χ1v) is 24.3. The van der Waals surface area contributed by atoms with Crippen LogP contribution in [0.2, 0.25) is 0 Å². The number of anilines is 3. The van der Waals surface area contributed by atoms with Crippen molar-refractivity contribution in [3.8, 4) is 44.8 Å². The lowest BCUT2D eigenvalue weighted by atomic mass is 9.70. The summed E-state index contributed by atoms with van der Waals surface area (Å²) in [5.41, 5.74) is 21.8. The van der Waals surface area contributed by atoms with Gasteiger partial charge in [0, 0.05) is 50.5 Å². The highest BCUT2D eigenvalue weighted by molar-refractivity contribution is 6.21. The summed E-state index contributed by atoms with van der Waals surface area (Å²) in [5.74, 6) is 0. The van der Waals surface area contributed by atoms with Gasteiger partial charge in [-0.25, -0.2) is 0 Å². The lowest BCUT2D eigenvalue weighted by Crippen LogP contribution is -2.26. The van der Waals surface area contributed by atoms with Crippen molar-refractivity contribution in [3.63, 3.8) is 0 Å². The maximum atomic E-state index is 2.49. The van der Waals surface area contributed by atoms with Crippen LogP contribution >= 0.6 is 0 Å². The first-order valence-electron chi connectivity index (χ1n) is 24.3. The minimum atomic E-state index is -0.435. The molecule has 3 nitrogen and oxygen atoms in total. The minimum Gasteiger partial charge on any atom is -0.316 e. The van der Waals surface area contributed by atoms with Gasteiger partial charge in [0.05, 0.1) is 27.7 Å². The average molecular weight is 890 g/mol. The van der Waals surface area contributed by atoms with Crippen LogP contribution < -0.4 is 4.90 Å². The highest BCUT2D eigenvalue weighted by Crippen LogP contribution is 2.63. The summed E-state index contributed by atoms with van der Waals surface area (Å²) in [7, 11) is 0. The number of para-hydroxylation sites is 2. The molecular weight excluding hydrogens is 847 g/mol. The van der Waals surface area contributed by atoms with Crippen LogP contribution in [0, 0.1) is 0 Å². The van der Waals surface area contributed by atoms with Gasteiger partial charge >= 0.3 is 0 Å². The summed E-state index contributed by atoms with van der Waals surface area (Å²) < 4.78 is 4.75. The smallest absolute Gasteiger partial charge is 0.0726 e. The Bertz CT molecular complexity index is 4160. The zero-order valence-corrected chi connectivity index (χ0v) is 38.2. The summed E-state index contributed by atoms with van der Waals surface area (Å²) in [6.07, 6.45) is 2.22. The Hall–Kier alpha value is -9.18. The average Bonchev–Trinajstić information content (AvgIpc) is 4.17. The van der Waals surface area contributed by atoms with E-state index in [2.05, 4.69) is 275 Å². The van der Waals surface area contributed by atoms with E-state index < -0.39 is 5.41 Å². The van der Waals surface area contributed by atoms with E-state index in [1.807, 2.05) is 0 Å². The van der Waals surface area contributed by atoms with Crippen LogP contribution in [0.3, 0.4) is 0 Å². The van der Waals surface area contributed by atoms with E-state index in [4.69, 9.17) is 0 Å². The number of benzene rings is 11. The Morgan fingerprint density at radius 2 is 0.914 bits per heavy atom. The zero-order chi connectivity index (χ0) is 45.9. The number of aromatic nitrogens is 2. The maximum absolute atomic E-state index is 2.49. The highest BCUT2D eigenvalue weighted by Gasteiger charge is 2.51. The molecule has 1 spiro atoms. The fourth-order valence-electron chi connectivity index (χ4n) is 12.4. The van der Waals surface area contributed by atoms with Crippen LogP contribution in [0.5, 0.6) is 0 Å². The molecule has 11 aromatic carbocycles. The molecule has 0 saturated carbocycles. The van der Waals surface area contributed by atoms with Crippen molar-refractivity contribution in [2.75, 3.05) is 4.90 Å². The van der Waals surface area contributed by atoms with Gasteiger partial charge in [0.15, 0.2) is 0 Å². The molecule has 0 aliphatic heterocycles. The molecular formula is C67H43N3. The van der Waals surface area contributed by atoms with Gasteiger partial charge in [-0.2, -0.15) is 0 Å². The molecule has 326 valence electrons. The van der Waals surface area contributed by atoms with Crippen molar-refractivity contribution >= 4 is 60.5 Å². The molecule has 0 bridgehead atoms. The standard InChI is InChI=1S/C67H43N3/c1-2-17-49(18-3-1)70-63-27-13-9-23-57(63)65-64(70)40-33-47-41-42-68(66(47)65)48-34-29-44(30-35-48)45-31-36-50(37-32-45)69(62-28-14-16-46-15-4-5-19-52(46)62)51-38-39-56-55-22-8-12-26-60(55)67(61(56)43-51)58-24-10-6-20-53(58)54-21-7-11-25-59(54)67/h1-43H. The number of nitrogens with zero attached hydrogens (tertiary/aromatic N) is 3. The predicted octanol–water partition coefficient (Wildman–Crippen LogP) is 17.4. The van der Waals surface area contributed by atoms with Crippen LogP contribution in [0.15, 0.2) is 261 Å². The Kier molecular flexibility index (Phi) is 8.28. The lowest BCUT2D eigenvalue weighted by molar-refractivity contribution is 0.793. The molecule has 13 aromatic rings.